The van der Waals surface area contributed by atoms with E-state index in [1.807, 2.05) is 0 Å². The molecule has 0 amide bonds. The molecule has 1 aromatic rings. The van der Waals surface area contributed by atoms with E-state index in [1.54, 1.807) is 0 Å². The summed E-state index contributed by atoms with van der Waals surface area (Å²) < 4.78 is 36.9. The molecule has 1 aromatic carbocycles. The van der Waals surface area contributed by atoms with E-state index < -0.39 is 20.6 Å². The molecule has 1 fully saturated rings. The highest BCUT2D eigenvalue weighted by atomic mass is 32.2. The Balaban J connectivity index is 2.42. The molecule has 0 radical (unpaired) electrons. The number of sulfone groups is 1. The van der Waals surface area contributed by atoms with Gasteiger partial charge in [-0.05, 0) is 49.9 Å². The monoisotopic (exact) mass is 244 g/mol. The number of hydrogen-bond donors (Lipinski definition) is 1. The second-order valence-electron chi connectivity index (χ2n) is 4.11. The lowest BCUT2D eigenvalue weighted by atomic mass is 10.3. The van der Waals surface area contributed by atoms with Gasteiger partial charge in [-0.2, -0.15) is 0 Å². The van der Waals surface area contributed by atoms with Gasteiger partial charge in [0.05, 0.1) is 4.90 Å². The highest BCUT2D eigenvalue weighted by molar-refractivity contribution is 7.92. The van der Waals surface area contributed by atoms with Gasteiger partial charge in [0.25, 0.3) is 0 Å². The maximum Gasteiger partial charge on any atom is 0.207 e. The first-order chi connectivity index (χ1) is 7.46. The first kappa shape index (κ1) is 11.5. The largest absolute Gasteiger partial charge is 0.374 e. The molecule has 0 aromatic heterocycles. The minimum atomic E-state index is -3.77. The van der Waals surface area contributed by atoms with Gasteiger partial charge >= 0.3 is 0 Å². The fourth-order valence-electron chi connectivity index (χ4n) is 2.03. The molecule has 3 nitrogen and oxygen atoms in total. The highest BCUT2D eigenvalue weighted by Gasteiger charge is 2.44. The van der Waals surface area contributed by atoms with Crippen LogP contribution in [0, 0.1) is 5.82 Å². The standard InChI is InChI=1S/C11H13FO3S/c12-9-3-5-10(6-4-9)16(14,15)11(13)7-1-2-8-11/h3-6,13H,1-2,7-8H2. The van der Waals surface area contributed by atoms with Crippen LogP contribution in [0.2, 0.25) is 0 Å². The van der Waals surface area contributed by atoms with Crippen LogP contribution in [0.4, 0.5) is 4.39 Å². The molecule has 0 unspecified atom stereocenters. The lowest BCUT2D eigenvalue weighted by Gasteiger charge is -2.22. The molecule has 0 heterocycles. The topological polar surface area (TPSA) is 54.4 Å². The van der Waals surface area contributed by atoms with Gasteiger partial charge in [-0.3, -0.25) is 0 Å². The maximum atomic E-state index is 12.7. The predicted octanol–water partition coefficient (Wildman–Crippen LogP) is 1.86. The van der Waals surface area contributed by atoms with Crippen molar-refractivity contribution in [3.8, 4) is 0 Å². The third-order valence-electron chi connectivity index (χ3n) is 3.01. The van der Waals surface area contributed by atoms with Gasteiger partial charge < -0.3 is 5.11 Å². The summed E-state index contributed by atoms with van der Waals surface area (Å²) in [4.78, 5) is -1.68. The molecule has 0 saturated heterocycles. The molecule has 0 bridgehead atoms. The molecule has 16 heavy (non-hydrogen) atoms. The van der Waals surface area contributed by atoms with E-state index in [4.69, 9.17) is 0 Å². The van der Waals surface area contributed by atoms with Gasteiger partial charge in [-0.25, -0.2) is 12.8 Å². The second kappa shape index (κ2) is 3.82. The van der Waals surface area contributed by atoms with Crippen LogP contribution in [-0.2, 0) is 9.84 Å². The Morgan fingerprint density at radius 1 is 1.12 bits per heavy atom. The van der Waals surface area contributed by atoms with Crippen molar-refractivity contribution in [1.82, 2.24) is 0 Å². The van der Waals surface area contributed by atoms with E-state index in [-0.39, 0.29) is 17.7 Å². The van der Waals surface area contributed by atoms with E-state index in [9.17, 15) is 17.9 Å². The molecule has 0 aliphatic heterocycles. The van der Waals surface area contributed by atoms with Crippen molar-refractivity contribution >= 4 is 9.84 Å². The van der Waals surface area contributed by atoms with E-state index in [1.165, 1.54) is 12.1 Å². The zero-order valence-electron chi connectivity index (χ0n) is 8.69. The van der Waals surface area contributed by atoms with Crippen LogP contribution in [0.25, 0.3) is 0 Å². The quantitative estimate of drug-likeness (QED) is 0.808. The molecule has 5 heteroatoms. The molecule has 1 aliphatic carbocycles. The van der Waals surface area contributed by atoms with Crippen molar-refractivity contribution in [2.45, 2.75) is 35.5 Å². The van der Waals surface area contributed by atoms with Gasteiger partial charge in [-0.1, -0.05) is 0 Å². The van der Waals surface area contributed by atoms with Crippen LogP contribution < -0.4 is 0 Å². The summed E-state index contributed by atoms with van der Waals surface area (Å²) in [6.45, 7) is 0. The summed E-state index contributed by atoms with van der Waals surface area (Å²) in [7, 11) is -3.77. The van der Waals surface area contributed by atoms with Crippen LogP contribution in [0.1, 0.15) is 25.7 Å². The van der Waals surface area contributed by atoms with Crippen molar-refractivity contribution in [2.75, 3.05) is 0 Å². The van der Waals surface area contributed by atoms with E-state index >= 15 is 0 Å². The van der Waals surface area contributed by atoms with Gasteiger partial charge in [-0.15, -0.1) is 0 Å². The van der Waals surface area contributed by atoms with Crippen LogP contribution in [0.3, 0.4) is 0 Å². The fourth-order valence-corrected chi connectivity index (χ4v) is 3.79. The summed E-state index contributed by atoms with van der Waals surface area (Å²) >= 11 is 0. The van der Waals surface area contributed by atoms with Crippen molar-refractivity contribution in [3.05, 3.63) is 30.1 Å². The summed E-state index contributed by atoms with van der Waals surface area (Å²) in [5.41, 5.74) is 0. The summed E-state index contributed by atoms with van der Waals surface area (Å²) in [6, 6.07) is 4.57. The first-order valence-corrected chi connectivity index (χ1v) is 6.67. The van der Waals surface area contributed by atoms with Crippen molar-refractivity contribution in [1.29, 1.82) is 0 Å². The second-order valence-corrected chi connectivity index (χ2v) is 6.35. The summed E-state index contributed by atoms with van der Waals surface area (Å²) in [5.74, 6) is -0.489. The zero-order valence-corrected chi connectivity index (χ0v) is 9.50. The van der Waals surface area contributed by atoms with Gasteiger partial charge in [0.1, 0.15) is 5.82 Å². The number of aliphatic hydroxyl groups is 1. The predicted molar refractivity (Wildman–Crippen MR) is 57.0 cm³/mol. The van der Waals surface area contributed by atoms with Crippen molar-refractivity contribution in [3.63, 3.8) is 0 Å². The molecule has 1 aliphatic rings. The molecular formula is C11H13FO3S. The molecule has 88 valence electrons. The Morgan fingerprint density at radius 2 is 1.62 bits per heavy atom. The first-order valence-electron chi connectivity index (χ1n) is 5.18. The number of benzene rings is 1. The third kappa shape index (κ3) is 1.74. The van der Waals surface area contributed by atoms with E-state index in [2.05, 4.69) is 0 Å². The Hall–Kier alpha value is -0.940. The summed E-state index contributed by atoms with van der Waals surface area (Å²) in [6.07, 6.45) is 1.92. The number of halogens is 1. The maximum absolute atomic E-state index is 12.7. The Morgan fingerprint density at radius 3 is 2.12 bits per heavy atom. The smallest absolute Gasteiger partial charge is 0.207 e. The minimum Gasteiger partial charge on any atom is -0.374 e. The Labute approximate surface area is 93.8 Å². The van der Waals surface area contributed by atoms with Crippen molar-refractivity contribution in [2.24, 2.45) is 0 Å². The number of hydrogen-bond acceptors (Lipinski definition) is 3. The van der Waals surface area contributed by atoms with Crippen LogP contribution in [0.15, 0.2) is 29.2 Å². The molecular weight excluding hydrogens is 231 g/mol. The molecule has 1 saturated carbocycles. The number of rotatable bonds is 2. The van der Waals surface area contributed by atoms with E-state index in [0.29, 0.717) is 12.8 Å². The van der Waals surface area contributed by atoms with E-state index in [0.717, 1.165) is 12.1 Å². The summed E-state index contributed by atoms with van der Waals surface area (Å²) in [5, 5.41) is 10.1. The molecule has 0 spiro atoms. The van der Waals surface area contributed by atoms with Crippen molar-refractivity contribution < 1.29 is 17.9 Å². The Kier molecular flexibility index (Phi) is 2.75. The average Bonchev–Trinajstić information content (AvgIpc) is 2.67. The third-order valence-corrected chi connectivity index (χ3v) is 5.31. The van der Waals surface area contributed by atoms with Gasteiger partial charge in [0.15, 0.2) is 4.93 Å². The van der Waals surface area contributed by atoms with Gasteiger partial charge in [0.2, 0.25) is 9.84 Å². The fraction of sp³-hybridized carbons (Fsp3) is 0.455. The lowest BCUT2D eigenvalue weighted by molar-refractivity contribution is 0.132. The van der Waals surface area contributed by atoms with Gasteiger partial charge in [0, 0.05) is 0 Å². The normalized spacial score (nSPS) is 19.9. The minimum absolute atomic E-state index is 0.0155. The average molecular weight is 244 g/mol. The van der Waals surface area contributed by atoms with Crippen LogP contribution in [-0.4, -0.2) is 18.5 Å². The highest BCUT2D eigenvalue weighted by Crippen LogP contribution is 2.37. The Bertz CT molecular complexity index is 472. The molecule has 2 rings (SSSR count). The molecule has 0 atom stereocenters. The van der Waals surface area contributed by atoms with Crippen LogP contribution >= 0.6 is 0 Å². The molecule has 1 N–H and O–H groups in total. The SMILES string of the molecule is O=S(=O)(c1ccc(F)cc1)C1(O)CCCC1. The lowest BCUT2D eigenvalue weighted by Crippen LogP contribution is -2.35. The van der Waals surface area contributed by atoms with Crippen LogP contribution in [0.5, 0.6) is 0 Å². The zero-order chi connectivity index (χ0) is 11.8.